The maximum atomic E-state index is 12.7. The van der Waals surface area contributed by atoms with Crippen LogP contribution in [0.5, 0.6) is 5.75 Å². The van der Waals surface area contributed by atoms with Gasteiger partial charge in [-0.3, -0.25) is 4.79 Å². The van der Waals surface area contributed by atoms with Gasteiger partial charge < -0.3 is 9.64 Å². The summed E-state index contributed by atoms with van der Waals surface area (Å²) in [5.74, 6) is -0.174. The van der Waals surface area contributed by atoms with Crippen LogP contribution in [0.4, 0.5) is 8.78 Å². The third-order valence-electron chi connectivity index (χ3n) is 4.25. The van der Waals surface area contributed by atoms with Crippen molar-refractivity contribution in [3.63, 3.8) is 0 Å². The van der Waals surface area contributed by atoms with Crippen LogP contribution in [0.1, 0.15) is 31.7 Å². The van der Waals surface area contributed by atoms with E-state index in [2.05, 4.69) is 4.74 Å². The number of amides is 1. The van der Waals surface area contributed by atoms with Crippen LogP contribution < -0.4 is 4.74 Å². The Bertz CT molecular complexity index is 710. The molecule has 2 rings (SSSR count). The number of hydrogen-bond donors (Lipinski definition) is 0. The summed E-state index contributed by atoms with van der Waals surface area (Å²) >= 11 is 0. The summed E-state index contributed by atoms with van der Waals surface area (Å²) in [7, 11) is -1.82. The van der Waals surface area contributed by atoms with Crippen molar-refractivity contribution >= 4 is 15.9 Å². The van der Waals surface area contributed by atoms with Gasteiger partial charge in [-0.25, -0.2) is 8.42 Å². The smallest absolute Gasteiger partial charge is 0.387 e. The minimum Gasteiger partial charge on any atom is -0.435 e. The van der Waals surface area contributed by atoms with E-state index >= 15 is 0 Å². The topological polar surface area (TPSA) is 66.9 Å². The number of likely N-dealkylation sites (N-methyl/N-ethyl adjacent to an activating group) is 1. The molecule has 0 saturated carbocycles. The number of carbonyl (C=O) groups excluding carboxylic acids is 1. The van der Waals surface area contributed by atoms with E-state index in [0.29, 0.717) is 25.8 Å². The van der Waals surface area contributed by atoms with Crippen molar-refractivity contribution in [3.05, 3.63) is 29.8 Å². The summed E-state index contributed by atoms with van der Waals surface area (Å²) in [5.41, 5.74) is 0.739. The Morgan fingerprint density at radius 2 is 2.00 bits per heavy atom. The zero-order valence-corrected chi connectivity index (χ0v) is 15.7. The predicted molar refractivity (Wildman–Crippen MR) is 93.4 cm³/mol. The number of benzene rings is 1. The van der Waals surface area contributed by atoms with Crippen molar-refractivity contribution in [2.75, 3.05) is 19.3 Å². The Morgan fingerprint density at radius 1 is 1.35 bits per heavy atom. The first-order valence-corrected chi connectivity index (χ1v) is 10.1. The molecule has 1 fully saturated rings. The van der Waals surface area contributed by atoms with E-state index in [9.17, 15) is 22.0 Å². The van der Waals surface area contributed by atoms with Gasteiger partial charge in [0.15, 0.2) is 0 Å². The molecule has 1 amide bonds. The zero-order valence-electron chi connectivity index (χ0n) is 14.9. The monoisotopic (exact) mass is 390 g/mol. The maximum Gasteiger partial charge on any atom is 0.387 e. The van der Waals surface area contributed by atoms with Crippen molar-refractivity contribution in [1.29, 1.82) is 0 Å². The predicted octanol–water partition coefficient (Wildman–Crippen LogP) is 2.45. The zero-order chi connectivity index (χ0) is 19.3. The lowest BCUT2D eigenvalue weighted by atomic mass is 10.1. The third kappa shape index (κ3) is 5.14. The minimum atomic E-state index is -3.43. The first kappa shape index (κ1) is 20.6. The molecule has 1 saturated heterocycles. The standard InChI is InChI=1S/C17H24F2N2O4S/c1-3-11-26(23,24)21-10-4-5-15(21)16(22)20(2)12-13-6-8-14(9-7-13)25-17(18)19/h6-9,15,17H,3-5,10-12H2,1-2H3. The lowest BCUT2D eigenvalue weighted by Gasteiger charge is -2.27. The summed E-state index contributed by atoms with van der Waals surface area (Å²) < 4.78 is 54.6. The number of rotatable bonds is 8. The number of carbonyl (C=O) groups is 1. The maximum absolute atomic E-state index is 12.7. The molecule has 9 heteroatoms. The molecule has 1 heterocycles. The number of halogens is 2. The first-order chi connectivity index (χ1) is 12.2. The molecule has 1 atom stereocenters. The molecule has 6 nitrogen and oxygen atoms in total. The van der Waals surface area contributed by atoms with Crippen molar-refractivity contribution in [1.82, 2.24) is 9.21 Å². The lowest BCUT2D eigenvalue weighted by molar-refractivity contribution is -0.133. The summed E-state index contributed by atoms with van der Waals surface area (Å²) in [6, 6.07) is 5.35. The van der Waals surface area contributed by atoms with Gasteiger partial charge in [-0.05, 0) is 37.0 Å². The molecule has 0 radical (unpaired) electrons. The largest absolute Gasteiger partial charge is 0.435 e. The molecule has 26 heavy (non-hydrogen) atoms. The Hall–Kier alpha value is -1.74. The normalized spacial score (nSPS) is 18.3. The van der Waals surface area contributed by atoms with Crippen molar-refractivity contribution in [2.45, 2.75) is 45.4 Å². The van der Waals surface area contributed by atoms with Gasteiger partial charge in [0, 0.05) is 20.1 Å². The molecule has 0 bridgehead atoms. The van der Waals surface area contributed by atoms with Crippen LogP contribution in [0.2, 0.25) is 0 Å². The van der Waals surface area contributed by atoms with Crippen LogP contribution in [0.15, 0.2) is 24.3 Å². The number of sulfonamides is 1. The van der Waals surface area contributed by atoms with Crippen molar-refractivity contribution in [3.8, 4) is 5.75 Å². The fourth-order valence-electron chi connectivity index (χ4n) is 3.08. The van der Waals surface area contributed by atoms with Crippen molar-refractivity contribution < 1.29 is 26.7 Å². The van der Waals surface area contributed by atoms with Gasteiger partial charge >= 0.3 is 6.61 Å². The van der Waals surface area contributed by atoms with Crippen molar-refractivity contribution in [2.24, 2.45) is 0 Å². The van der Waals surface area contributed by atoms with E-state index in [1.54, 1.807) is 26.1 Å². The Balaban J connectivity index is 2.02. The quantitative estimate of drug-likeness (QED) is 0.684. The van der Waals surface area contributed by atoms with E-state index in [1.807, 2.05) is 0 Å². The molecular weight excluding hydrogens is 366 g/mol. The molecule has 1 aliphatic rings. The molecule has 1 aromatic rings. The summed E-state index contributed by atoms with van der Waals surface area (Å²) in [6.45, 7) is -0.473. The van der Waals surface area contributed by atoms with Crippen LogP contribution in [0.3, 0.4) is 0 Å². The van der Waals surface area contributed by atoms with Gasteiger partial charge in [-0.15, -0.1) is 0 Å². The first-order valence-electron chi connectivity index (χ1n) is 8.53. The second-order valence-electron chi connectivity index (χ2n) is 6.30. The van der Waals surface area contributed by atoms with Crippen LogP contribution in [-0.2, 0) is 21.4 Å². The van der Waals surface area contributed by atoms with Gasteiger partial charge in [0.2, 0.25) is 15.9 Å². The second-order valence-corrected chi connectivity index (χ2v) is 8.34. The van der Waals surface area contributed by atoms with Crippen LogP contribution in [0, 0.1) is 0 Å². The summed E-state index contributed by atoms with van der Waals surface area (Å²) in [4.78, 5) is 14.2. The number of nitrogens with zero attached hydrogens (tertiary/aromatic N) is 2. The molecular formula is C17H24F2N2O4S. The molecule has 1 unspecified atom stereocenters. The molecule has 1 aliphatic heterocycles. The van der Waals surface area contributed by atoms with E-state index in [1.165, 1.54) is 21.3 Å². The minimum absolute atomic E-state index is 0.0338. The highest BCUT2D eigenvalue weighted by Crippen LogP contribution is 2.24. The van der Waals surface area contributed by atoms with E-state index in [0.717, 1.165) is 5.56 Å². The van der Waals surface area contributed by atoms with Gasteiger partial charge in [-0.2, -0.15) is 13.1 Å². The van der Waals surface area contributed by atoms with E-state index in [4.69, 9.17) is 0 Å². The lowest BCUT2D eigenvalue weighted by Crippen LogP contribution is -2.46. The Morgan fingerprint density at radius 3 is 2.58 bits per heavy atom. The third-order valence-corrected chi connectivity index (χ3v) is 6.33. The van der Waals surface area contributed by atoms with Gasteiger partial charge in [-0.1, -0.05) is 19.1 Å². The Kier molecular flexibility index (Phi) is 6.94. The molecule has 0 spiro atoms. The fourth-order valence-corrected chi connectivity index (χ4v) is 4.82. The fraction of sp³-hybridized carbons (Fsp3) is 0.588. The Labute approximate surface area is 152 Å². The summed E-state index contributed by atoms with van der Waals surface area (Å²) in [6.07, 6.45) is 1.67. The molecule has 0 N–H and O–H groups in total. The molecule has 0 aromatic heterocycles. The second kappa shape index (κ2) is 8.77. The number of alkyl halides is 2. The van der Waals surface area contributed by atoms with Gasteiger partial charge in [0.1, 0.15) is 11.8 Å². The summed E-state index contributed by atoms with van der Waals surface area (Å²) in [5, 5.41) is 0. The van der Waals surface area contributed by atoms with Crippen LogP contribution >= 0.6 is 0 Å². The van der Waals surface area contributed by atoms with Gasteiger partial charge in [0.25, 0.3) is 0 Å². The molecule has 146 valence electrons. The van der Waals surface area contributed by atoms with Crippen LogP contribution in [-0.4, -0.2) is 55.5 Å². The molecule has 0 aliphatic carbocycles. The van der Waals surface area contributed by atoms with E-state index in [-0.39, 0.29) is 24.0 Å². The highest BCUT2D eigenvalue weighted by Gasteiger charge is 2.39. The average Bonchev–Trinajstić information content (AvgIpc) is 3.06. The average molecular weight is 390 g/mol. The van der Waals surface area contributed by atoms with Crippen LogP contribution in [0.25, 0.3) is 0 Å². The number of ether oxygens (including phenoxy) is 1. The van der Waals surface area contributed by atoms with Gasteiger partial charge in [0.05, 0.1) is 5.75 Å². The van der Waals surface area contributed by atoms with E-state index < -0.39 is 22.7 Å². The highest BCUT2D eigenvalue weighted by atomic mass is 32.2. The molecule has 1 aromatic carbocycles. The number of hydrogen-bond acceptors (Lipinski definition) is 4. The highest BCUT2D eigenvalue weighted by molar-refractivity contribution is 7.89. The SMILES string of the molecule is CCCS(=O)(=O)N1CCCC1C(=O)N(C)Cc1ccc(OC(F)F)cc1.